The fraction of sp³-hybridized carbons (Fsp3) is 0.692. The lowest BCUT2D eigenvalue weighted by Crippen LogP contribution is -2.28. The molecular weight excluding hydrogens is 250 g/mol. The molecule has 1 fully saturated rings. The number of carbonyl (C=O) groups is 1. The van der Waals surface area contributed by atoms with Crippen molar-refractivity contribution >= 4 is 17.3 Å². The van der Waals surface area contributed by atoms with Gasteiger partial charge in [-0.05, 0) is 37.5 Å². The van der Waals surface area contributed by atoms with Gasteiger partial charge in [-0.25, -0.2) is 0 Å². The molecule has 1 aromatic heterocycles. The maximum atomic E-state index is 11.9. The average molecular weight is 267 g/mol. The molecule has 0 radical (unpaired) electrons. The number of nitrogens with zero attached hydrogens (tertiary/aromatic N) is 1. The Labute approximate surface area is 109 Å². The van der Waals surface area contributed by atoms with Crippen molar-refractivity contribution in [1.82, 2.24) is 4.57 Å². The van der Waals surface area contributed by atoms with Crippen LogP contribution < -0.4 is 4.87 Å². The van der Waals surface area contributed by atoms with E-state index in [0.717, 1.165) is 29.8 Å². The molecule has 5 heteroatoms. The highest BCUT2D eigenvalue weighted by atomic mass is 32.1. The van der Waals surface area contributed by atoms with E-state index in [1.54, 1.807) is 0 Å². The average Bonchev–Trinajstić information content (AvgIpc) is 2.85. The number of aromatic nitrogens is 1. The Morgan fingerprint density at radius 3 is 2.72 bits per heavy atom. The SMILES string of the molecule is O=C(O)Cn1c2c(sc1=O)CC1(CCCC1)CC2. The fourth-order valence-electron chi connectivity index (χ4n) is 3.55. The number of rotatable bonds is 2. The zero-order valence-electron chi connectivity index (χ0n) is 10.3. The van der Waals surface area contributed by atoms with Crippen molar-refractivity contribution in [3.05, 3.63) is 20.2 Å². The number of thiazole rings is 1. The minimum atomic E-state index is -0.932. The highest BCUT2D eigenvalue weighted by molar-refractivity contribution is 7.09. The van der Waals surface area contributed by atoms with Gasteiger partial charge >= 0.3 is 10.8 Å². The molecule has 1 N–H and O–H groups in total. The molecule has 0 aromatic carbocycles. The van der Waals surface area contributed by atoms with Gasteiger partial charge in [0.2, 0.25) is 0 Å². The van der Waals surface area contributed by atoms with Crippen LogP contribution in [0.2, 0.25) is 0 Å². The molecule has 98 valence electrons. The maximum absolute atomic E-state index is 11.9. The predicted molar refractivity (Wildman–Crippen MR) is 69.1 cm³/mol. The van der Waals surface area contributed by atoms with Crippen LogP contribution in [0.3, 0.4) is 0 Å². The van der Waals surface area contributed by atoms with Gasteiger partial charge in [-0.1, -0.05) is 24.2 Å². The number of hydrogen-bond donors (Lipinski definition) is 1. The smallest absolute Gasteiger partial charge is 0.323 e. The normalized spacial score (nSPS) is 21.1. The first kappa shape index (κ1) is 12.0. The Morgan fingerprint density at radius 2 is 2.06 bits per heavy atom. The van der Waals surface area contributed by atoms with E-state index in [1.807, 2.05) is 0 Å². The Kier molecular flexibility index (Phi) is 2.81. The van der Waals surface area contributed by atoms with Gasteiger partial charge in [-0.2, -0.15) is 0 Å². The van der Waals surface area contributed by atoms with E-state index in [2.05, 4.69) is 0 Å². The van der Waals surface area contributed by atoms with E-state index in [-0.39, 0.29) is 11.4 Å². The summed E-state index contributed by atoms with van der Waals surface area (Å²) < 4.78 is 1.46. The van der Waals surface area contributed by atoms with Crippen molar-refractivity contribution < 1.29 is 9.90 Å². The Balaban J connectivity index is 1.94. The summed E-state index contributed by atoms with van der Waals surface area (Å²) in [6.45, 7) is -0.183. The van der Waals surface area contributed by atoms with Crippen LogP contribution in [0.5, 0.6) is 0 Å². The highest BCUT2D eigenvalue weighted by Crippen LogP contribution is 2.48. The summed E-state index contributed by atoms with van der Waals surface area (Å²) in [7, 11) is 0. The van der Waals surface area contributed by atoms with Crippen LogP contribution in [0.1, 0.15) is 42.7 Å². The lowest BCUT2D eigenvalue weighted by Gasteiger charge is -2.33. The molecule has 18 heavy (non-hydrogen) atoms. The molecule has 1 aromatic rings. The molecule has 1 spiro atoms. The topological polar surface area (TPSA) is 59.3 Å². The minimum Gasteiger partial charge on any atom is -0.480 e. The molecular formula is C13H17NO3S. The van der Waals surface area contributed by atoms with Crippen LogP contribution in [0, 0.1) is 5.41 Å². The lowest BCUT2D eigenvalue weighted by atomic mass is 9.74. The van der Waals surface area contributed by atoms with Gasteiger partial charge < -0.3 is 5.11 Å². The molecule has 2 aliphatic carbocycles. The van der Waals surface area contributed by atoms with Crippen LogP contribution in [-0.4, -0.2) is 15.6 Å². The van der Waals surface area contributed by atoms with E-state index in [1.165, 1.54) is 41.6 Å². The number of carboxylic acid groups (broad SMARTS) is 1. The Morgan fingerprint density at radius 1 is 1.33 bits per heavy atom. The van der Waals surface area contributed by atoms with Crippen LogP contribution in [0.4, 0.5) is 0 Å². The van der Waals surface area contributed by atoms with Gasteiger partial charge in [0.15, 0.2) is 0 Å². The van der Waals surface area contributed by atoms with E-state index in [4.69, 9.17) is 5.11 Å². The number of fused-ring (bicyclic) bond motifs is 1. The zero-order chi connectivity index (χ0) is 12.8. The fourth-order valence-corrected chi connectivity index (χ4v) is 4.76. The lowest BCUT2D eigenvalue weighted by molar-refractivity contribution is -0.137. The van der Waals surface area contributed by atoms with Crippen molar-refractivity contribution in [2.75, 3.05) is 0 Å². The summed E-state index contributed by atoms with van der Waals surface area (Å²) in [5, 5.41) is 8.86. The van der Waals surface area contributed by atoms with E-state index >= 15 is 0 Å². The first-order chi connectivity index (χ1) is 8.60. The van der Waals surface area contributed by atoms with Gasteiger partial charge in [0.1, 0.15) is 6.54 Å². The van der Waals surface area contributed by atoms with Crippen molar-refractivity contribution in [2.45, 2.75) is 51.5 Å². The number of carboxylic acids is 1. The molecule has 0 bridgehead atoms. The van der Waals surface area contributed by atoms with Gasteiger partial charge in [0, 0.05) is 10.6 Å². The third kappa shape index (κ3) is 1.90. The summed E-state index contributed by atoms with van der Waals surface area (Å²) in [5.74, 6) is -0.932. The second-order valence-corrected chi connectivity index (χ2v) is 6.65. The largest absolute Gasteiger partial charge is 0.480 e. The van der Waals surface area contributed by atoms with Crippen LogP contribution in [0.15, 0.2) is 4.79 Å². The number of hydrogen-bond acceptors (Lipinski definition) is 3. The summed E-state index contributed by atoms with van der Waals surface area (Å²) >= 11 is 1.26. The number of aliphatic carboxylic acids is 1. The molecule has 4 nitrogen and oxygen atoms in total. The molecule has 1 saturated carbocycles. The quantitative estimate of drug-likeness (QED) is 0.892. The van der Waals surface area contributed by atoms with Crippen LogP contribution >= 0.6 is 11.3 Å². The monoisotopic (exact) mass is 267 g/mol. The molecule has 2 aliphatic rings. The third-order valence-corrected chi connectivity index (χ3v) is 5.49. The molecule has 3 rings (SSSR count). The molecule has 0 unspecified atom stereocenters. The summed E-state index contributed by atoms with van der Waals surface area (Å²) in [6.07, 6.45) is 8.15. The first-order valence-corrected chi connectivity index (χ1v) is 7.34. The summed E-state index contributed by atoms with van der Waals surface area (Å²) in [5.41, 5.74) is 1.41. The Bertz CT molecular complexity index is 537. The second-order valence-electron chi connectivity index (χ2n) is 5.60. The van der Waals surface area contributed by atoms with Crippen molar-refractivity contribution in [1.29, 1.82) is 0 Å². The second kappa shape index (κ2) is 4.23. The van der Waals surface area contributed by atoms with Gasteiger partial charge in [-0.3, -0.25) is 14.2 Å². The molecule has 0 saturated heterocycles. The van der Waals surface area contributed by atoms with Crippen LogP contribution in [-0.2, 0) is 24.2 Å². The van der Waals surface area contributed by atoms with Gasteiger partial charge in [-0.15, -0.1) is 0 Å². The first-order valence-electron chi connectivity index (χ1n) is 6.53. The summed E-state index contributed by atoms with van der Waals surface area (Å²) in [4.78, 5) is 23.7. The van der Waals surface area contributed by atoms with E-state index in [0.29, 0.717) is 5.41 Å². The highest BCUT2D eigenvalue weighted by Gasteiger charge is 2.38. The molecule has 1 heterocycles. The van der Waals surface area contributed by atoms with E-state index in [9.17, 15) is 9.59 Å². The maximum Gasteiger partial charge on any atom is 0.323 e. The standard InChI is InChI=1S/C13H17NO3S/c15-11(16)8-14-9-3-6-13(4-1-2-5-13)7-10(9)18-12(14)17/h1-8H2,(H,15,16). The molecule has 0 aliphatic heterocycles. The summed E-state index contributed by atoms with van der Waals surface area (Å²) in [6, 6.07) is 0. The Hall–Kier alpha value is -1.10. The van der Waals surface area contributed by atoms with Crippen molar-refractivity contribution in [3.63, 3.8) is 0 Å². The predicted octanol–water partition coefficient (Wildman–Crippen LogP) is 2.04. The van der Waals surface area contributed by atoms with Crippen molar-refractivity contribution in [2.24, 2.45) is 5.41 Å². The van der Waals surface area contributed by atoms with Gasteiger partial charge in [0.25, 0.3) is 0 Å². The molecule has 0 atom stereocenters. The molecule has 0 amide bonds. The van der Waals surface area contributed by atoms with Crippen molar-refractivity contribution in [3.8, 4) is 0 Å². The zero-order valence-corrected chi connectivity index (χ0v) is 11.1. The van der Waals surface area contributed by atoms with Gasteiger partial charge in [0.05, 0.1) is 0 Å². The van der Waals surface area contributed by atoms with Crippen LogP contribution in [0.25, 0.3) is 0 Å². The third-order valence-electron chi connectivity index (χ3n) is 4.46. The minimum absolute atomic E-state index is 0.0996. The van der Waals surface area contributed by atoms with E-state index < -0.39 is 5.97 Å².